The number of Topliss-reactive ketones (excluding diaryl/α,β-unsaturated/α-hetero) is 2. The van der Waals surface area contributed by atoms with Gasteiger partial charge in [-0.05, 0) is 79.5 Å². The van der Waals surface area contributed by atoms with E-state index in [1.54, 1.807) is 18.2 Å². The van der Waals surface area contributed by atoms with Gasteiger partial charge in [0.2, 0.25) is 0 Å². The van der Waals surface area contributed by atoms with Gasteiger partial charge in [0.25, 0.3) is 0 Å². The molecule has 158 valence electrons. The second kappa shape index (κ2) is 8.18. The zero-order chi connectivity index (χ0) is 21.5. The van der Waals surface area contributed by atoms with Gasteiger partial charge < -0.3 is 4.74 Å². The Labute approximate surface area is 191 Å². The second-order valence-electron chi connectivity index (χ2n) is 8.90. The van der Waals surface area contributed by atoms with Crippen LogP contribution in [-0.4, -0.2) is 18.2 Å². The van der Waals surface area contributed by atoms with E-state index >= 15 is 0 Å². The highest BCUT2D eigenvalue weighted by atomic mass is 35.5. The van der Waals surface area contributed by atoms with Crippen molar-refractivity contribution in [3.63, 3.8) is 0 Å². The summed E-state index contributed by atoms with van der Waals surface area (Å²) >= 11 is 18.0. The van der Waals surface area contributed by atoms with E-state index in [1.807, 2.05) is 25.1 Å². The molecule has 2 aromatic carbocycles. The lowest BCUT2D eigenvalue weighted by molar-refractivity contribution is -0.208. The molecule has 0 atom stereocenters. The van der Waals surface area contributed by atoms with Crippen LogP contribution in [0.15, 0.2) is 36.4 Å². The Balaban J connectivity index is 1.22. The quantitative estimate of drug-likeness (QED) is 0.415. The maximum absolute atomic E-state index is 12.7. The zero-order valence-corrected chi connectivity index (χ0v) is 19.0. The van der Waals surface area contributed by atoms with Gasteiger partial charge >= 0.3 is 0 Å². The van der Waals surface area contributed by atoms with Gasteiger partial charge in [-0.1, -0.05) is 40.9 Å². The molecule has 6 heteroatoms. The first-order chi connectivity index (χ1) is 14.2. The van der Waals surface area contributed by atoms with Gasteiger partial charge in [-0.25, -0.2) is 0 Å². The van der Waals surface area contributed by atoms with Crippen molar-refractivity contribution in [1.82, 2.24) is 0 Å². The third-order valence-corrected chi connectivity index (χ3v) is 7.62. The van der Waals surface area contributed by atoms with Crippen LogP contribution in [0.3, 0.4) is 0 Å². The maximum Gasteiger partial charge on any atom is 0.170 e. The number of hydrogen-bond acceptors (Lipinski definition) is 3. The number of aryl methyl sites for hydroxylation is 2. The summed E-state index contributed by atoms with van der Waals surface area (Å²) in [5.74, 6) is 1.03. The summed E-state index contributed by atoms with van der Waals surface area (Å²) in [5, 5.41) is 1.71. The number of rotatable bonds is 9. The summed E-state index contributed by atoms with van der Waals surface area (Å²) in [4.78, 5) is 25.1. The van der Waals surface area contributed by atoms with Crippen molar-refractivity contribution in [3.8, 4) is 5.75 Å². The number of halogens is 3. The summed E-state index contributed by atoms with van der Waals surface area (Å²) in [6.45, 7) is 1.96. The smallest absolute Gasteiger partial charge is 0.170 e. The fraction of sp³-hybridized carbons (Fsp3) is 0.417. The minimum Gasteiger partial charge on any atom is -0.486 e. The normalized spacial score (nSPS) is 24.0. The molecule has 0 amide bonds. The van der Waals surface area contributed by atoms with Crippen LogP contribution in [-0.2, 0) is 16.0 Å². The molecule has 0 saturated heterocycles. The van der Waals surface area contributed by atoms with Crippen molar-refractivity contribution in [2.24, 2.45) is 10.8 Å². The minimum absolute atomic E-state index is 0.00952. The highest BCUT2D eigenvalue weighted by Crippen LogP contribution is 2.75. The molecular formula is C24H23Cl3O3. The summed E-state index contributed by atoms with van der Waals surface area (Å²) in [5.41, 5.74) is 1.74. The maximum atomic E-state index is 12.7. The standard InChI is InChI=1S/C24H23Cl3O3/c1-15-8-18(4-6-19(15)25)30-11-17(28)10-23-12-24(13-23,14-23)22(29)7-3-16-2-5-20(26)21(27)9-16/h2,4-6,8-9H,3,7,10-14H2,1H3. The second-order valence-corrected chi connectivity index (χ2v) is 10.1. The minimum atomic E-state index is -0.204. The Morgan fingerprint density at radius 1 is 0.967 bits per heavy atom. The van der Waals surface area contributed by atoms with E-state index in [4.69, 9.17) is 39.5 Å². The molecule has 30 heavy (non-hydrogen) atoms. The van der Waals surface area contributed by atoms with Crippen molar-refractivity contribution in [2.45, 2.75) is 45.4 Å². The number of benzene rings is 2. The van der Waals surface area contributed by atoms with Gasteiger partial charge in [-0.2, -0.15) is 0 Å². The largest absolute Gasteiger partial charge is 0.486 e. The first-order valence-corrected chi connectivity index (χ1v) is 11.2. The summed E-state index contributed by atoms with van der Waals surface area (Å²) < 4.78 is 5.62. The predicted molar refractivity (Wildman–Crippen MR) is 120 cm³/mol. The Morgan fingerprint density at radius 3 is 2.33 bits per heavy atom. The van der Waals surface area contributed by atoms with Crippen LogP contribution in [0.1, 0.15) is 43.2 Å². The number of carbonyl (C=O) groups excluding carboxylic acids is 2. The Bertz CT molecular complexity index is 995. The molecule has 5 rings (SSSR count). The third kappa shape index (κ3) is 4.26. The molecule has 3 aliphatic rings. The average Bonchev–Trinajstić information content (AvgIpc) is 2.65. The molecule has 0 spiro atoms. The fourth-order valence-corrected chi connectivity index (χ4v) is 5.48. The van der Waals surface area contributed by atoms with Crippen molar-refractivity contribution >= 4 is 46.4 Å². The third-order valence-electron chi connectivity index (χ3n) is 6.46. The van der Waals surface area contributed by atoms with Gasteiger partial charge in [-0.15, -0.1) is 0 Å². The molecule has 3 nitrogen and oxygen atoms in total. The van der Waals surface area contributed by atoms with Gasteiger partial charge in [0.05, 0.1) is 10.0 Å². The monoisotopic (exact) mass is 464 g/mol. The van der Waals surface area contributed by atoms with E-state index in [1.165, 1.54) is 0 Å². The Kier molecular flexibility index (Phi) is 5.91. The molecular weight excluding hydrogens is 443 g/mol. The van der Waals surface area contributed by atoms with Crippen molar-refractivity contribution in [2.75, 3.05) is 6.61 Å². The van der Waals surface area contributed by atoms with E-state index in [2.05, 4.69) is 0 Å². The van der Waals surface area contributed by atoms with Crippen LogP contribution < -0.4 is 4.74 Å². The van der Waals surface area contributed by atoms with Crippen LogP contribution in [0.25, 0.3) is 0 Å². The Hall–Kier alpha value is -1.55. The van der Waals surface area contributed by atoms with Crippen molar-refractivity contribution in [3.05, 3.63) is 62.6 Å². The SMILES string of the molecule is Cc1cc(OCC(=O)CC23CC(C(=O)CCc4ccc(Cl)c(Cl)c4)(C2)C3)ccc1Cl. The topological polar surface area (TPSA) is 43.4 Å². The molecule has 3 saturated carbocycles. The average molecular weight is 466 g/mol. The van der Waals surface area contributed by atoms with E-state index in [-0.39, 0.29) is 23.2 Å². The molecule has 0 heterocycles. The number of carbonyl (C=O) groups is 2. The van der Waals surface area contributed by atoms with Crippen LogP contribution in [0, 0.1) is 17.8 Å². The van der Waals surface area contributed by atoms with Crippen molar-refractivity contribution < 1.29 is 14.3 Å². The molecule has 3 fully saturated rings. The first kappa shape index (κ1) is 21.7. The highest BCUT2D eigenvalue weighted by Gasteiger charge is 2.70. The molecule has 0 aromatic heterocycles. The highest BCUT2D eigenvalue weighted by molar-refractivity contribution is 6.42. The molecule has 3 aliphatic carbocycles. The van der Waals surface area contributed by atoms with Gasteiger partial charge in [0, 0.05) is 23.3 Å². The van der Waals surface area contributed by atoms with Crippen LogP contribution >= 0.6 is 34.8 Å². The number of ketones is 2. The number of hydrogen-bond donors (Lipinski definition) is 0. The predicted octanol–water partition coefficient (Wildman–Crippen LogP) is 6.67. The van der Waals surface area contributed by atoms with E-state index in [0.29, 0.717) is 45.9 Å². The van der Waals surface area contributed by atoms with Gasteiger partial charge in [0.1, 0.15) is 18.1 Å². The first-order valence-electron chi connectivity index (χ1n) is 10.1. The summed E-state index contributed by atoms with van der Waals surface area (Å²) in [6.07, 6.45) is 4.13. The van der Waals surface area contributed by atoms with Gasteiger partial charge in [-0.3, -0.25) is 9.59 Å². The zero-order valence-electron chi connectivity index (χ0n) is 16.8. The van der Waals surface area contributed by atoms with E-state index in [9.17, 15) is 9.59 Å². The summed E-state index contributed by atoms with van der Waals surface area (Å²) in [7, 11) is 0. The summed E-state index contributed by atoms with van der Waals surface area (Å²) in [6, 6.07) is 10.9. The fourth-order valence-electron chi connectivity index (χ4n) is 5.04. The molecule has 0 aliphatic heterocycles. The molecule has 2 aromatic rings. The Morgan fingerprint density at radius 2 is 1.67 bits per heavy atom. The molecule has 0 unspecified atom stereocenters. The lowest BCUT2D eigenvalue weighted by Crippen LogP contribution is -2.65. The van der Waals surface area contributed by atoms with Crippen LogP contribution in [0.2, 0.25) is 15.1 Å². The lowest BCUT2D eigenvalue weighted by Gasteiger charge is -2.70. The van der Waals surface area contributed by atoms with Crippen LogP contribution in [0.4, 0.5) is 0 Å². The van der Waals surface area contributed by atoms with Gasteiger partial charge in [0.15, 0.2) is 5.78 Å². The van der Waals surface area contributed by atoms with E-state index < -0.39 is 0 Å². The molecule has 2 bridgehead atoms. The molecule has 0 N–H and O–H groups in total. The van der Waals surface area contributed by atoms with Crippen molar-refractivity contribution in [1.29, 1.82) is 0 Å². The number of ether oxygens (including phenoxy) is 1. The lowest BCUT2D eigenvalue weighted by atomic mass is 9.33. The van der Waals surface area contributed by atoms with E-state index in [0.717, 1.165) is 30.4 Å². The van der Waals surface area contributed by atoms with Crippen LogP contribution in [0.5, 0.6) is 5.75 Å². The molecule has 0 radical (unpaired) electrons.